The van der Waals surface area contributed by atoms with Crippen molar-refractivity contribution in [3.63, 3.8) is 0 Å². The van der Waals surface area contributed by atoms with E-state index in [0.717, 1.165) is 18.4 Å². The predicted molar refractivity (Wildman–Crippen MR) is 120 cm³/mol. The van der Waals surface area contributed by atoms with Gasteiger partial charge in [-0.1, -0.05) is 24.3 Å². The molecule has 2 aliphatic heterocycles. The summed E-state index contributed by atoms with van der Waals surface area (Å²) in [5, 5.41) is 3.07. The van der Waals surface area contributed by atoms with Gasteiger partial charge in [0.25, 0.3) is 5.91 Å². The van der Waals surface area contributed by atoms with E-state index in [4.69, 9.17) is 14.2 Å². The Bertz CT molecular complexity index is 1010. The summed E-state index contributed by atoms with van der Waals surface area (Å²) in [4.78, 5) is 28.9. The van der Waals surface area contributed by atoms with Gasteiger partial charge in [-0.15, -0.1) is 0 Å². The van der Waals surface area contributed by atoms with Crippen LogP contribution in [-0.2, 0) is 16.0 Å². The smallest absolute Gasteiger partial charge is 0.254 e. The Hall–Kier alpha value is -3.06. The first kappa shape index (κ1) is 22.1. The number of fused-ring (bicyclic) bond motifs is 4. The second-order valence-corrected chi connectivity index (χ2v) is 8.01. The van der Waals surface area contributed by atoms with Gasteiger partial charge in [-0.05, 0) is 48.6 Å². The molecule has 2 heterocycles. The Morgan fingerprint density at radius 1 is 1.12 bits per heavy atom. The Morgan fingerprint density at radius 3 is 2.62 bits per heavy atom. The third-order valence-corrected chi connectivity index (χ3v) is 6.28. The number of carbonyl (C=O) groups excluding carboxylic acids is 2. The normalized spacial score (nSPS) is 19.0. The average Bonchev–Trinajstić information content (AvgIpc) is 2.83. The van der Waals surface area contributed by atoms with Crippen LogP contribution in [0.1, 0.15) is 52.4 Å². The summed E-state index contributed by atoms with van der Waals surface area (Å²) < 4.78 is 16.3. The summed E-state index contributed by atoms with van der Waals surface area (Å²) in [5.74, 6) is 0.253. The Labute approximate surface area is 188 Å². The van der Waals surface area contributed by atoms with Crippen LogP contribution in [0.3, 0.4) is 0 Å². The third kappa shape index (κ3) is 3.93. The van der Waals surface area contributed by atoms with Crippen molar-refractivity contribution in [1.82, 2.24) is 10.2 Å². The average molecular weight is 439 g/mol. The lowest BCUT2D eigenvalue weighted by atomic mass is 9.75. The molecule has 2 aliphatic rings. The van der Waals surface area contributed by atoms with E-state index in [0.29, 0.717) is 48.9 Å². The van der Waals surface area contributed by atoms with Gasteiger partial charge in [-0.25, -0.2) is 0 Å². The standard InChI is InChI=1S/C25H30N2O5/c1-4-32-13-7-11-26-24(28)22-18-14-20(30-2)21(31-3)15-19(18)25(29)27-12-10-16-8-5-6-9-17(16)23(22)27/h5-6,8-9,14-15,22-23H,4,7,10-13H2,1-3H3,(H,26,28)/t22-,23-/m1/s1. The summed E-state index contributed by atoms with van der Waals surface area (Å²) in [6, 6.07) is 11.2. The summed E-state index contributed by atoms with van der Waals surface area (Å²) in [6.45, 7) is 4.29. The highest BCUT2D eigenvalue weighted by Gasteiger charge is 2.46. The first-order valence-corrected chi connectivity index (χ1v) is 11.1. The van der Waals surface area contributed by atoms with Gasteiger partial charge >= 0.3 is 0 Å². The number of benzene rings is 2. The highest BCUT2D eigenvalue weighted by Crippen LogP contribution is 2.48. The molecular formula is C25H30N2O5. The largest absolute Gasteiger partial charge is 0.493 e. The van der Waals surface area contributed by atoms with Gasteiger partial charge in [0.05, 0.1) is 26.2 Å². The van der Waals surface area contributed by atoms with Gasteiger partial charge in [0.15, 0.2) is 11.5 Å². The molecule has 0 saturated carbocycles. The lowest BCUT2D eigenvalue weighted by Gasteiger charge is -2.45. The fourth-order valence-electron chi connectivity index (χ4n) is 4.77. The molecule has 0 spiro atoms. The lowest BCUT2D eigenvalue weighted by Crippen LogP contribution is -2.50. The number of nitrogens with zero attached hydrogens (tertiary/aromatic N) is 1. The molecule has 0 bridgehead atoms. The van der Waals surface area contributed by atoms with E-state index in [2.05, 4.69) is 11.4 Å². The van der Waals surface area contributed by atoms with Gasteiger partial charge in [0, 0.05) is 31.9 Å². The number of ether oxygens (including phenoxy) is 3. The van der Waals surface area contributed by atoms with Crippen LogP contribution in [-0.4, -0.2) is 57.2 Å². The summed E-state index contributed by atoms with van der Waals surface area (Å²) in [6.07, 6.45) is 1.50. The summed E-state index contributed by atoms with van der Waals surface area (Å²) in [7, 11) is 3.10. The van der Waals surface area contributed by atoms with Gasteiger partial charge in [-0.2, -0.15) is 0 Å². The molecule has 170 valence electrons. The van der Waals surface area contributed by atoms with Gasteiger partial charge in [-0.3, -0.25) is 9.59 Å². The number of hydrogen-bond acceptors (Lipinski definition) is 5. The molecule has 1 N–H and O–H groups in total. The Kier molecular flexibility index (Phi) is 6.65. The molecule has 0 aliphatic carbocycles. The van der Waals surface area contributed by atoms with E-state index in [9.17, 15) is 9.59 Å². The van der Waals surface area contributed by atoms with Crippen LogP contribution in [0.4, 0.5) is 0 Å². The van der Waals surface area contributed by atoms with Crippen molar-refractivity contribution in [1.29, 1.82) is 0 Å². The van der Waals surface area contributed by atoms with E-state index in [1.54, 1.807) is 26.4 Å². The lowest BCUT2D eigenvalue weighted by molar-refractivity contribution is -0.124. The molecule has 4 rings (SSSR count). The van der Waals surface area contributed by atoms with Crippen LogP contribution in [0.2, 0.25) is 0 Å². The Balaban J connectivity index is 1.77. The minimum absolute atomic E-state index is 0.0825. The molecule has 2 aromatic carbocycles. The molecule has 0 unspecified atom stereocenters. The highest BCUT2D eigenvalue weighted by atomic mass is 16.5. The zero-order valence-electron chi connectivity index (χ0n) is 18.8. The number of hydrogen-bond donors (Lipinski definition) is 1. The molecule has 2 atom stereocenters. The van der Waals surface area contributed by atoms with E-state index >= 15 is 0 Å². The number of rotatable bonds is 8. The van der Waals surface area contributed by atoms with Crippen LogP contribution in [0, 0.1) is 0 Å². The second kappa shape index (κ2) is 9.61. The number of amides is 2. The van der Waals surface area contributed by atoms with Crippen LogP contribution < -0.4 is 14.8 Å². The zero-order valence-corrected chi connectivity index (χ0v) is 18.8. The highest BCUT2D eigenvalue weighted by molar-refractivity contribution is 6.02. The van der Waals surface area contributed by atoms with Crippen LogP contribution in [0.25, 0.3) is 0 Å². The molecule has 0 saturated heterocycles. The van der Waals surface area contributed by atoms with E-state index < -0.39 is 5.92 Å². The summed E-state index contributed by atoms with van der Waals surface area (Å²) >= 11 is 0. The SMILES string of the molecule is CCOCCCNC(=O)[C@@H]1c2cc(OC)c(OC)cc2C(=O)N2CCc3ccccc3[C@H]12. The maximum Gasteiger partial charge on any atom is 0.254 e. The van der Waals surface area contributed by atoms with Gasteiger partial charge < -0.3 is 24.4 Å². The molecule has 2 aromatic rings. The van der Waals surface area contributed by atoms with Crippen molar-refractivity contribution in [3.05, 3.63) is 58.7 Å². The van der Waals surface area contributed by atoms with Crippen LogP contribution in [0.5, 0.6) is 11.5 Å². The quantitative estimate of drug-likeness (QED) is 0.641. The van der Waals surface area contributed by atoms with Crippen molar-refractivity contribution >= 4 is 11.8 Å². The second-order valence-electron chi connectivity index (χ2n) is 8.01. The minimum Gasteiger partial charge on any atom is -0.493 e. The van der Waals surface area contributed by atoms with Crippen molar-refractivity contribution in [3.8, 4) is 11.5 Å². The fourth-order valence-corrected chi connectivity index (χ4v) is 4.77. The van der Waals surface area contributed by atoms with Crippen molar-refractivity contribution in [2.75, 3.05) is 40.5 Å². The fraction of sp³-hybridized carbons (Fsp3) is 0.440. The third-order valence-electron chi connectivity index (χ3n) is 6.28. The monoisotopic (exact) mass is 438 g/mol. The molecule has 0 fully saturated rings. The molecule has 2 amide bonds. The van der Waals surface area contributed by atoms with E-state index in [1.807, 2.05) is 30.0 Å². The molecule has 7 nitrogen and oxygen atoms in total. The Morgan fingerprint density at radius 2 is 1.88 bits per heavy atom. The first-order valence-electron chi connectivity index (χ1n) is 11.1. The number of nitrogens with one attached hydrogen (secondary N) is 1. The molecule has 7 heteroatoms. The van der Waals surface area contributed by atoms with Crippen molar-refractivity contribution < 1.29 is 23.8 Å². The van der Waals surface area contributed by atoms with Crippen molar-refractivity contribution in [2.24, 2.45) is 0 Å². The van der Waals surface area contributed by atoms with Gasteiger partial charge in [0.1, 0.15) is 0 Å². The maximum atomic E-state index is 13.6. The van der Waals surface area contributed by atoms with Crippen molar-refractivity contribution in [2.45, 2.75) is 31.7 Å². The topological polar surface area (TPSA) is 77.1 Å². The van der Waals surface area contributed by atoms with Crippen LogP contribution >= 0.6 is 0 Å². The summed E-state index contributed by atoms with van der Waals surface area (Å²) in [5.41, 5.74) is 3.38. The first-order chi connectivity index (χ1) is 15.6. The molecule has 0 radical (unpaired) electrons. The minimum atomic E-state index is -0.545. The van der Waals surface area contributed by atoms with E-state index in [-0.39, 0.29) is 17.9 Å². The molecule has 32 heavy (non-hydrogen) atoms. The maximum absolute atomic E-state index is 13.6. The zero-order chi connectivity index (χ0) is 22.7. The predicted octanol–water partition coefficient (Wildman–Crippen LogP) is 3.08. The number of carbonyl (C=O) groups is 2. The molecule has 0 aromatic heterocycles. The van der Waals surface area contributed by atoms with E-state index in [1.165, 1.54) is 5.56 Å². The van der Waals surface area contributed by atoms with Crippen LogP contribution in [0.15, 0.2) is 36.4 Å². The number of methoxy groups -OCH3 is 2. The molecular weight excluding hydrogens is 408 g/mol. The van der Waals surface area contributed by atoms with Gasteiger partial charge in [0.2, 0.25) is 5.91 Å².